The molecule has 0 saturated heterocycles. The van der Waals surface area contributed by atoms with Gasteiger partial charge in [-0.25, -0.2) is 9.97 Å². The molecule has 2 aromatic rings. The van der Waals surface area contributed by atoms with Gasteiger partial charge in [-0.05, 0) is 49.6 Å². The zero-order chi connectivity index (χ0) is 20.9. The third-order valence-corrected chi connectivity index (χ3v) is 5.74. The van der Waals surface area contributed by atoms with E-state index in [9.17, 15) is 4.79 Å². The van der Waals surface area contributed by atoms with Gasteiger partial charge in [0.25, 0.3) is 5.91 Å². The van der Waals surface area contributed by atoms with E-state index in [4.69, 9.17) is 27.9 Å². The minimum atomic E-state index is -0.172. The summed E-state index contributed by atoms with van der Waals surface area (Å²) >= 11 is 12.3. The predicted octanol–water partition coefficient (Wildman–Crippen LogP) is 4.57. The molecule has 4 rings (SSSR count). The highest BCUT2D eigenvalue weighted by Gasteiger charge is 2.25. The van der Waals surface area contributed by atoms with Crippen LogP contribution >= 0.6 is 23.2 Å². The number of nitrogens with zero attached hydrogens (tertiary/aromatic N) is 4. The molecule has 0 saturated carbocycles. The maximum Gasteiger partial charge on any atom is 0.262 e. The number of ether oxygens (including phenoxy) is 1. The van der Waals surface area contributed by atoms with Crippen LogP contribution in [0, 0.1) is 0 Å². The Morgan fingerprint density at radius 2 is 1.90 bits per heavy atom. The molecule has 30 heavy (non-hydrogen) atoms. The van der Waals surface area contributed by atoms with Crippen molar-refractivity contribution < 1.29 is 9.53 Å². The minimum Gasteiger partial charge on any atom is -0.461 e. The smallest absolute Gasteiger partial charge is 0.262 e. The number of fused-ring (bicyclic) bond motifs is 1. The van der Waals surface area contributed by atoms with Gasteiger partial charge in [-0.2, -0.15) is 0 Å². The maximum atomic E-state index is 12.9. The van der Waals surface area contributed by atoms with Crippen LogP contribution in [0.3, 0.4) is 0 Å². The Hall–Kier alpha value is -2.41. The molecular weight excluding hydrogens is 423 g/mol. The third kappa shape index (κ3) is 4.83. The number of benzene rings is 1. The van der Waals surface area contributed by atoms with Gasteiger partial charge in [-0.1, -0.05) is 29.3 Å². The van der Waals surface area contributed by atoms with Gasteiger partial charge in [0, 0.05) is 43.1 Å². The van der Waals surface area contributed by atoms with Gasteiger partial charge in [0.05, 0.1) is 5.56 Å². The van der Waals surface area contributed by atoms with E-state index in [-0.39, 0.29) is 11.1 Å². The number of amides is 1. The second-order valence-corrected chi connectivity index (χ2v) is 8.04. The molecule has 2 aliphatic rings. The van der Waals surface area contributed by atoms with E-state index in [1.165, 1.54) is 11.8 Å². The summed E-state index contributed by atoms with van der Waals surface area (Å²) in [4.78, 5) is 25.5. The number of hydrogen-bond acceptors (Lipinski definition) is 5. The molecule has 0 N–H and O–H groups in total. The van der Waals surface area contributed by atoms with Crippen molar-refractivity contribution in [3.05, 3.63) is 70.6 Å². The molecule has 6 nitrogen and oxygen atoms in total. The second kappa shape index (κ2) is 9.60. The van der Waals surface area contributed by atoms with Crippen molar-refractivity contribution in [3.63, 3.8) is 0 Å². The third-order valence-electron chi connectivity index (χ3n) is 5.21. The Morgan fingerprint density at radius 1 is 1.10 bits per heavy atom. The molecule has 0 spiro atoms. The molecule has 0 radical (unpaired) electrons. The summed E-state index contributed by atoms with van der Waals surface area (Å²) in [6.07, 6.45) is 9.90. The monoisotopic (exact) mass is 444 g/mol. The van der Waals surface area contributed by atoms with Crippen molar-refractivity contribution in [1.29, 1.82) is 0 Å². The summed E-state index contributed by atoms with van der Waals surface area (Å²) < 4.78 is 5.52. The maximum absolute atomic E-state index is 12.9. The Kier molecular flexibility index (Phi) is 6.67. The van der Waals surface area contributed by atoms with Crippen molar-refractivity contribution in [2.75, 3.05) is 26.2 Å². The summed E-state index contributed by atoms with van der Waals surface area (Å²) in [6, 6.07) is 6.80. The molecule has 0 bridgehead atoms. The molecule has 1 amide bonds. The molecule has 0 aliphatic carbocycles. The SMILES string of the molecule is O=C1c2ccc(Cl)cc2OC=C(Cl)N1CCCCN1CC=C(c2ncccn2)CC1. The average molecular weight is 445 g/mol. The van der Waals surface area contributed by atoms with E-state index in [1.54, 1.807) is 35.5 Å². The lowest BCUT2D eigenvalue weighted by Crippen LogP contribution is -2.32. The molecule has 1 aromatic heterocycles. The van der Waals surface area contributed by atoms with E-state index < -0.39 is 0 Å². The lowest BCUT2D eigenvalue weighted by atomic mass is 10.1. The molecule has 156 valence electrons. The Bertz CT molecular complexity index is 978. The van der Waals surface area contributed by atoms with Crippen LogP contribution in [-0.4, -0.2) is 51.9 Å². The van der Waals surface area contributed by atoms with Crippen LogP contribution in [0.4, 0.5) is 0 Å². The zero-order valence-electron chi connectivity index (χ0n) is 16.4. The van der Waals surface area contributed by atoms with Gasteiger partial charge in [0.1, 0.15) is 17.2 Å². The molecule has 0 atom stereocenters. The standard InChI is InChI=1S/C22H22Cl2N4O2/c23-17-4-5-18-19(14-17)30-15-20(24)28(22(18)29)11-2-1-10-27-12-6-16(7-13-27)21-25-8-3-9-26-21/h3-6,8-9,14-15H,1-2,7,10-13H2. The summed E-state index contributed by atoms with van der Waals surface area (Å²) in [5.41, 5.74) is 1.67. The summed E-state index contributed by atoms with van der Waals surface area (Å²) in [5.74, 6) is 1.07. The quantitative estimate of drug-likeness (QED) is 0.482. The second-order valence-electron chi connectivity index (χ2n) is 7.22. The first kappa shape index (κ1) is 20.8. The normalized spacial score (nSPS) is 17.0. The molecule has 3 heterocycles. The molecule has 1 aromatic carbocycles. The number of unbranched alkanes of at least 4 members (excludes halogenated alkanes) is 1. The van der Waals surface area contributed by atoms with Crippen LogP contribution in [0.25, 0.3) is 5.57 Å². The van der Waals surface area contributed by atoms with Gasteiger partial charge in [0.15, 0.2) is 5.82 Å². The zero-order valence-corrected chi connectivity index (χ0v) is 17.9. The minimum absolute atomic E-state index is 0.172. The van der Waals surface area contributed by atoms with Crippen LogP contribution in [-0.2, 0) is 0 Å². The molecular formula is C22H22Cl2N4O2. The van der Waals surface area contributed by atoms with Gasteiger partial charge >= 0.3 is 0 Å². The molecule has 0 unspecified atom stereocenters. The van der Waals surface area contributed by atoms with Gasteiger partial charge < -0.3 is 4.74 Å². The van der Waals surface area contributed by atoms with E-state index in [2.05, 4.69) is 20.9 Å². The largest absolute Gasteiger partial charge is 0.461 e. The fraction of sp³-hybridized carbons (Fsp3) is 0.318. The summed E-state index contributed by atoms with van der Waals surface area (Å²) in [6.45, 7) is 3.37. The van der Waals surface area contributed by atoms with Crippen LogP contribution in [0.5, 0.6) is 5.75 Å². The highest BCUT2D eigenvalue weighted by Crippen LogP contribution is 2.30. The van der Waals surface area contributed by atoms with Crippen molar-refractivity contribution in [2.24, 2.45) is 0 Å². The first-order valence-corrected chi connectivity index (χ1v) is 10.7. The van der Waals surface area contributed by atoms with E-state index in [1.807, 2.05) is 6.07 Å². The number of halogens is 2. The van der Waals surface area contributed by atoms with E-state index in [0.717, 1.165) is 44.7 Å². The number of rotatable bonds is 6. The first-order chi connectivity index (χ1) is 14.6. The van der Waals surface area contributed by atoms with Crippen LogP contribution in [0.15, 0.2) is 54.2 Å². The van der Waals surface area contributed by atoms with Crippen molar-refractivity contribution >= 4 is 34.7 Å². The highest BCUT2D eigenvalue weighted by molar-refractivity contribution is 6.31. The lowest BCUT2D eigenvalue weighted by Gasteiger charge is -2.26. The van der Waals surface area contributed by atoms with Crippen molar-refractivity contribution in [2.45, 2.75) is 19.3 Å². The molecule has 2 aliphatic heterocycles. The van der Waals surface area contributed by atoms with Crippen LogP contribution in [0.2, 0.25) is 5.02 Å². The van der Waals surface area contributed by atoms with Crippen molar-refractivity contribution in [1.82, 2.24) is 19.8 Å². The fourth-order valence-corrected chi connectivity index (χ4v) is 3.95. The molecule has 0 fully saturated rings. The van der Waals surface area contributed by atoms with E-state index >= 15 is 0 Å². The van der Waals surface area contributed by atoms with Gasteiger partial charge in [-0.3, -0.25) is 14.6 Å². The Balaban J connectivity index is 1.28. The van der Waals surface area contributed by atoms with Crippen molar-refractivity contribution in [3.8, 4) is 5.75 Å². The summed E-state index contributed by atoms with van der Waals surface area (Å²) in [5, 5.41) is 0.790. The fourth-order valence-electron chi connectivity index (χ4n) is 3.58. The number of hydrogen-bond donors (Lipinski definition) is 0. The topological polar surface area (TPSA) is 58.6 Å². The highest BCUT2D eigenvalue weighted by atomic mass is 35.5. The van der Waals surface area contributed by atoms with Gasteiger partial charge in [0.2, 0.25) is 0 Å². The predicted molar refractivity (Wildman–Crippen MR) is 117 cm³/mol. The van der Waals surface area contributed by atoms with Gasteiger partial charge in [-0.15, -0.1) is 0 Å². The summed E-state index contributed by atoms with van der Waals surface area (Å²) in [7, 11) is 0. The Labute approximate surface area is 185 Å². The number of carbonyl (C=O) groups is 1. The first-order valence-electron chi connectivity index (χ1n) is 9.94. The lowest BCUT2D eigenvalue weighted by molar-refractivity contribution is 0.0814. The Morgan fingerprint density at radius 3 is 2.67 bits per heavy atom. The molecule has 8 heteroatoms. The average Bonchev–Trinajstić information content (AvgIpc) is 2.89. The van der Waals surface area contributed by atoms with Crippen LogP contribution in [0.1, 0.15) is 35.4 Å². The van der Waals surface area contributed by atoms with E-state index in [0.29, 0.717) is 22.9 Å². The number of aromatic nitrogens is 2. The number of carbonyl (C=O) groups excluding carboxylic acids is 1. The van der Waals surface area contributed by atoms with Crippen LogP contribution < -0.4 is 4.74 Å².